The number of imidazole rings is 1. The summed E-state index contributed by atoms with van der Waals surface area (Å²) in [5.41, 5.74) is 0.476. The van der Waals surface area contributed by atoms with E-state index in [-0.39, 0.29) is 41.1 Å². The van der Waals surface area contributed by atoms with E-state index in [1.165, 1.54) is 38.4 Å². The van der Waals surface area contributed by atoms with E-state index in [1.807, 2.05) is 0 Å². The van der Waals surface area contributed by atoms with Crippen LogP contribution in [-0.2, 0) is 19.3 Å². The molecule has 0 aromatic carbocycles. The van der Waals surface area contributed by atoms with Crippen molar-refractivity contribution in [2.45, 2.75) is 76.3 Å². The smallest absolute Gasteiger partial charge is 0.408 e. The summed E-state index contributed by atoms with van der Waals surface area (Å²) in [7, 11) is -3.40. The number of ether oxygens (including phenoxy) is 3. The van der Waals surface area contributed by atoms with Gasteiger partial charge in [0.15, 0.2) is 16.1 Å². The second-order valence-corrected chi connectivity index (χ2v) is 13.0. The Hall–Kier alpha value is -3.04. The molecule has 40 heavy (non-hydrogen) atoms. The van der Waals surface area contributed by atoms with Gasteiger partial charge in [-0.25, -0.2) is 23.4 Å². The van der Waals surface area contributed by atoms with Crippen LogP contribution in [0.1, 0.15) is 64.9 Å². The zero-order valence-electron chi connectivity index (χ0n) is 22.9. The lowest BCUT2D eigenvalue weighted by molar-refractivity contribution is -0.190. The fourth-order valence-corrected chi connectivity index (χ4v) is 4.26. The van der Waals surface area contributed by atoms with Gasteiger partial charge in [-0.05, 0) is 53.0 Å². The number of halogens is 3. The first-order valence-electron chi connectivity index (χ1n) is 12.8. The van der Waals surface area contributed by atoms with Crippen molar-refractivity contribution in [1.29, 1.82) is 0 Å². The molecule has 0 saturated carbocycles. The number of anilines is 2. The van der Waals surface area contributed by atoms with Crippen molar-refractivity contribution >= 4 is 32.5 Å². The molecule has 3 aromatic rings. The van der Waals surface area contributed by atoms with Crippen LogP contribution < -0.4 is 10.1 Å². The van der Waals surface area contributed by atoms with E-state index in [1.54, 1.807) is 6.92 Å². The molecule has 11 nitrogen and oxygen atoms in total. The second-order valence-electron chi connectivity index (χ2n) is 10.4. The van der Waals surface area contributed by atoms with Crippen molar-refractivity contribution in [3.63, 3.8) is 0 Å². The third kappa shape index (κ3) is 6.81. The van der Waals surface area contributed by atoms with Gasteiger partial charge in [0.25, 0.3) is 0 Å². The fourth-order valence-electron chi connectivity index (χ4n) is 3.99. The van der Waals surface area contributed by atoms with E-state index >= 15 is 0 Å². The molecule has 15 heteroatoms. The molecule has 3 atom stereocenters. The lowest BCUT2D eigenvalue weighted by atomic mass is 10.2. The summed E-state index contributed by atoms with van der Waals surface area (Å²) in [5, 5.41) is 2.94. The summed E-state index contributed by atoms with van der Waals surface area (Å²) in [6.45, 7) is 6.13. The predicted molar refractivity (Wildman–Crippen MR) is 141 cm³/mol. The normalized spacial score (nSPS) is 18.4. The highest BCUT2D eigenvalue weighted by molar-refractivity contribution is 7.92. The van der Waals surface area contributed by atoms with Gasteiger partial charge in [-0.2, -0.15) is 18.2 Å². The topological polar surface area (TPSA) is 130 Å². The quantitative estimate of drug-likeness (QED) is 0.350. The Kier molecular flexibility index (Phi) is 8.57. The van der Waals surface area contributed by atoms with Crippen LogP contribution in [0.3, 0.4) is 0 Å². The zero-order chi connectivity index (χ0) is 29.3. The van der Waals surface area contributed by atoms with Gasteiger partial charge in [0, 0.05) is 25.1 Å². The fraction of sp³-hybridized carbons (Fsp3) is 0.600. The Labute approximate surface area is 230 Å². The third-order valence-corrected chi connectivity index (χ3v) is 8.89. The average Bonchev–Trinajstić information content (AvgIpc) is 3.25. The first-order valence-corrected chi connectivity index (χ1v) is 14.7. The average molecular weight is 587 g/mol. The van der Waals surface area contributed by atoms with Crippen molar-refractivity contribution in [2.24, 2.45) is 0 Å². The summed E-state index contributed by atoms with van der Waals surface area (Å²) in [6.07, 6.45) is 0.553. The Morgan fingerprint density at radius 1 is 1.18 bits per heavy atom. The van der Waals surface area contributed by atoms with Crippen LogP contribution in [0.15, 0.2) is 24.5 Å². The van der Waals surface area contributed by atoms with Crippen LogP contribution in [0.2, 0.25) is 0 Å². The number of sulfone groups is 1. The Morgan fingerprint density at radius 3 is 2.58 bits per heavy atom. The van der Waals surface area contributed by atoms with E-state index < -0.39 is 39.2 Å². The molecule has 1 saturated heterocycles. The molecular weight excluding hydrogens is 553 g/mol. The molecule has 0 radical (unpaired) electrons. The maximum atomic E-state index is 14.0. The van der Waals surface area contributed by atoms with Crippen molar-refractivity contribution in [3.8, 4) is 6.01 Å². The van der Waals surface area contributed by atoms with Gasteiger partial charge in [0.2, 0.25) is 0 Å². The zero-order valence-corrected chi connectivity index (χ0v) is 23.7. The van der Waals surface area contributed by atoms with Gasteiger partial charge < -0.3 is 24.1 Å². The van der Waals surface area contributed by atoms with Crippen LogP contribution in [0, 0.1) is 0 Å². The van der Waals surface area contributed by atoms with Crippen LogP contribution in [0.25, 0.3) is 11.0 Å². The van der Waals surface area contributed by atoms with Crippen LogP contribution >= 0.6 is 0 Å². The van der Waals surface area contributed by atoms with Gasteiger partial charge in [-0.1, -0.05) is 0 Å². The largest absolute Gasteiger partial charge is 0.462 e. The standard InChI is InChI=1S/C25H33F3N6O5S/c1-15(39-21-8-6-7-11-37-21)22-31-17-13-30-20(12-18(17)34(22)16(2)25(26,27)28)32-19-9-10-29-23(33-19)38-14-24(3,4)40(5,35)36/h9-10,12-13,15-16,21H,6-8,11,14H2,1-5H3,(H,29,30,32,33)/t15-,16+,21?/m1/s1. The van der Waals surface area contributed by atoms with Crippen LogP contribution in [0.5, 0.6) is 6.01 Å². The summed E-state index contributed by atoms with van der Waals surface area (Å²) in [4.78, 5) is 16.9. The minimum atomic E-state index is -4.54. The maximum absolute atomic E-state index is 14.0. The van der Waals surface area contributed by atoms with Crippen LogP contribution in [-0.4, -0.2) is 69.6 Å². The Morgan fingerprint density at radius 2 is 1.93 bits per heavy atom. The Balaban J connectivity index is 1.61. The monoisotopic (exact) mass is 586 g/mol. The highest BCUT2D eigenvalue weighted by Crippen LogP contribution is 2.37. The molecule has 0 amide bonds. The number of pyridine rings is 1. The number of hydrogen-bond donors (Lipinski definition) is 1. The van der Waals surface area contributed by atoms with E-state index in [4.69, 9.17) is 14.2 Å². The third-order valence-electron chi connectivity index (χ3n) is 6.76. The lowest BCUT2D eigenvalue weighted by Gasteiger charge is -2.27. The number of fused-ring (bicyclic) bond motifs is 1. The van der Waals surface area contributed by atoms with E-state index in [2.05, 4.69) is 25.3 Å². The van der Waals surface area contributed by atoms with Crippen molar-refractivity contribution < 1.29 is 35.8 Å². The van der Waals surface area contributed by atoms with E-state index in [0.29, 0.717) is 13.0 Å². The molecule has 220 valence electrons. The molecule has 1 aliphatic heterocycles. The molecule has 4 heterocycles. The molecule has 1 unspecified atom stereocenters. The predicted octanol–water partition coefficient (Wildman–Crippen LogP) is 4.89. The molecule has 3 aromatic heterocycles. The van der Waals surface area contributed by atoms with Gasteiger partial charge >= 0.3 is 12.2 Å². The first kappa shape index (κ1) is 29.9. The summed E-state index contributed by atoms with van der Waals surface area (Å²) in [5.74, 6) is 0.564. The highest BCUT2D eigenvalue weighted by Gasteiger charge is 2.40. The first-order chi connectivity index (χ1) is 18.7. The number of aromatic nitrogens is 5. The van der Waals surface area contributed by atoms with Gasteiger partial charge in [-0.3, -0.25) is 0 Å². The van der Waals surface area contributed by atoms with Crippen LogP contribution in [0.4, 0.5) is 24.8 Å². The van der Waals surface area contributed by atoms with E-state index in [9.17, 15) is 21.6 Å². The molecule has 0 aliphatic carbocycles. The second kappa shape index (κ2) is 11.4. The lowest BCUT2D eigenvalue weighted by Crippen LogP contribution is -2.37. The number of rotatable bonds is 10. The summed E-state index contributed by atoms with van der Waals surface area (Å²) in [6, 6.07) is 1.00. The van der Waals surface area contributed by atoms with Crippen molar-refractivity contribution in [2.75, 3.05) is 24.8 Å². The van der Waals surface area contributed by atoms with Gasteiger partial charge in [0.05, 0.1) is 11.7 Å². The molecule has 1 N–H and O–H groups in total. The summed E-state index contributed by atoms with van der Waals surface area (Å²) >= 11 is 0. The van der Waals surface area contributed by atoms with Gasteiger partial charge in [-0.15, -0.1) is 0 Å². The molecule has 0 bridgehead atoms. The number of alkyl halides is 3. The highest BCUT2D eigenvalue weighted by atomic mass is 32.2. The minimum absolute atomic E-state index is 0.0725. The molecule has 1 aliphatic rings. The molecule has 1 fully saturated rings. The minimum Gasteiger partial charge on any atom is -0.462 e. The van der Waals surface area contributed by atoms with Gasteiger partial charge in [0.1, 0.15) is 46.5 Å². The maximum Gasteiger partial charge on any atom is 0.408 e. The molecule has 4 rings (SSSR count). The van der Waals surface area contributed by atoms with E-state index in [0.717, 1.165) is 30.6 Å². The molecular formula is C25H33F3N6O5S. The number of nitrogens with one attached hydrogen (secondary N) is 1. The molecule has 0 spiro atoms. The SMILES string of the molecule is C[C@H](n1c([C@@H](C)OC2CCCCO2)nc2cnc(Nc3ccnc(OCC(C)(C)S(C)(=O)=O)n3)cc21)C(F)(F)F. The van der Waals surface area contributed by atoms with Crippen molar-refractivity contribution in [1.82, 2.24) is 24.5 Å². The number of hydrogen-bond acceptors (Lipinski definition) is 10. The number of nitrogens with zero attached hydrogens (tertiary/aromatic N) is 5. The van der Waals surface area contributed by atoms with Crippen molar-refractivity contribution in [3.05, 3.63) is 30.4 Å². The Bertz CT molecular complexity index is 1440. The summed E-state index contributed by atoms with van der Waals surface area (Å²) < 4.78 is 82.7.